The van der Waals surface area contributed by atoms with Gasteiger partial charge in [-0.25, -0.2) is 0 Å². The van der Waals surface area contributed by atoms with Gasteiger partial charge in [-0.05, 0) is 17.7 Å². The van der Waals surface area contributed by atoms with Gasteiger partial charge in [-0.3, -0.25) is 0 Å². The van der Waals surface area contributed by atoms with Crippen molar-refractivity contribution in [2.45, 2.75) is 18.7 Å². The highest BCUT2D eigenvalue weighted by Gasteiger charge is 2.40. The molecule has 0 saturated heterocycles. The largest absolute Gasteiger partial charge is 0.435 e. The van der Waals surface area contributed by atoms with Gasteiger partial charge < -0.3 is 9.84 Å². The summed E-state index contributed by atoms with van der Waals surface area (Å²) in [5.41, 5.74) is -0.207. The number of ether oxygens (including phenoxy) is 1. The lowest BCUT2D eigenvalue weighted by Gasteiger charge is -2.18. The SMILES string of the molecule is OCC(c1ccc(OC(F)F)cc1)C(F)(F)F. The summed E-state index contributed by atoms with van der Waals surface area (Å²) in [6, 6.07) is 3.98. The minimum Gasteiger partial charge on any atom is -0.435 e. The highest BCUT2D eigenvalue weighted by atomic mass is 19.4. The van der Waals surface area contributed by atoms with Crippen LogP contribution in [-0.4, -0.2) is 24.5 Å². The first-order chi connectivity index (χ1) is 7.84. The Morgan fingerprint density at radius 2 is 1.65 bits per heavy atom. The van der Waals surface area contributed by atoms with Crippen LogP contribution in [0.1, 0.15) is 11.5 Å². The quantitative estimate of drug-likeness (QED) is 0.839. The van der Waals surface area contributed by atoms with Gasteiger partial charge in [0.1, 0.15) is 11.7 Å². The highest BCUT2D eigenvalue weighted by molar-refractivity contribution is 5.30. The lowest BCUT2D eigenvalue weighted by Crippen LogP contribution is -2.23. The van der Waals surface area contributed by atoms with Crippen molar-refractivity contribution < 1.29 is 31.8 Å². The number of rotatable bonds is 4. The summed E-state index contributed by atoms with van der Waals surface area (Å²) in [6.07, 6.45) is -4.58. The Bertz CT molecular complexity index is 347. The molecule has 0 spiro atoms. The van der Waals surface area contributed by atoms with Crippen LogP contribution in [0.25, 0.3) is 0 Å². The van der Waals surface area contributed by atoms with Crippen molar-refractivity contribution in [3.63, 3.8) is 0 Å². The third-order valence-electron chi connectivity index (χ3n) is 2.09. The van der Waals surface area contributed by atoms with Gasteiger partial charge in [-0.1, -0.05) is 12.1 Å². The van der Waals surface area contributed by atoms with E-state index >= 15 is 0 Å². The molecule has 0 aliphatic rings. The molecule has 0 amide bonds. The van der Waals surface area contributed by atoms with Gasteiger partial charge in [0.25, 0.3) is 0 Å². The molecule has 0 radical (unpaired) electrons. The minimum atomic E-state index is -4.58. The van der Waals surface area contributed by atoms with Crippen molar-refractivity contribution in [2.24, 2.45) is 0 Å². The molecule has 0 fully saturated rings. The number of aliphatic hydroxyl groups is 1. The maximum absolute atomic E-state index is 12.4. The zero-order valence-electron chi connectivity index (χ0n) is 8.42. The molecule has 0 heterocycles. The van der Waals surface area contributed by atoms with Crippen molar-refractivity contribution in [3.05, 3.63) is 29.8 Å². The van der Waals surface area contributed by atoms with Crippen molar-refractivity contribution in [2.75, 3.05) is 6.61 Å². The van der Waals surface area contributed by atoms with Gasteiger partial charge in [0.2, 0.25) is 0 Å². The molecule has 1 N–H and O–H groups in total. The first kappa shape index (κ1) is 13.7. The van der Waals surface area contributed by atoms with E-state index in [1.54, 1.807) is 0 Å². The first-order valence-corrected chi connectivity index (χ1v) is 4.57. The molecule has 1 atom stereocenters. The van der Waals surface area contributed by atoms with Gasteiger partial charge in [0, 0.05) is 0 Å². The highest BCUT2D eigenvalue weighted by Crippen LogP contribution is 2.34. The van der Waals surface area contributed by atoms with E-state index in [2.05, 4.69) is 4.74 Å². The van der Waals surface area contributed by atoms with E-state index in [0.717, 1.165) is 24.3 Å². The van der Waals surface area contributed by atoms with Crippen LogP contribution in [0.2, 0.25) is 0 Å². The van der Waals surface area contributed by atoms with Gasteiger partial charge in [0.05, 0.1) is 6.61 Å². The predicted octanol–water partition coefficient (Wildman–Crippen LogP) is 2.93. The zero-order valence-corrected chi connectivity index (χ0v) is 8.42. The zero-order chi connectivity index (χ0) is 13.1. The number of benzene rings is 1. The van der Waals surface area contributed by atoms with Crippen LogP contribution >= 0.6 is 0 Å². The Morgan fingerprint density at radius 3 is 2.00 bits per heavy atom. The topological polar surface area (TPSA) is 29.5 Å². The monoisotopic (exact) mass is 256 g/mol. The molecular formula is C10H9F5O2. The minimum absolute atomic E-state index is 0.207. The molecule has 0 aliphatic carbocycles. The summed E-state index contributed by atoms with van der Waals surface area (Å²) in [5.74, 6) is -2.26. The van der Waals surface area contributed by atoms with Crippen molar-refractivity contribution in [1.82, 2.24) is 0 Å². The molecule has 7 heteroatoms. The third-order valence-corrected chi connectivity index (χ3v) is 2.09. The van der Waals surface area contributed by atoms with Gasteiger partial charge >= 0.3 is 12.8 Å². The maximum Gasteiger partial charge on any atom is 0.397 e. The summed E-state index contributed by atoms with van der Waals surface area (Å²) in [5, 5.41) is 8.66. The van der Waals surface area contributed by atoms with Crippen LogP contribution in [0.3, 0.4) is 0 Å². The van der Waals surface area contributed by atoms with Crippen LogP contribution in [0.4, 0.5) is 22.0 Å². The van der Waals surface area contributed by atoms with Crippen LogP contribution < -0.4 is 4.74 Å². The summed E-state index contributed by atoms with van der Waals surface area (Å²) in [6.45, 7) is -4.13. The first-order valence-electron chi connectivity index (χ1n) is 4.57. The summed E-state index contributed by atoms with van der Waals surface area (Å²) < 4.78 is 64.8. The summed E-state index contributed by atoms with van der Waals surface area (Å²) >= 11 is 0. The molecule has 1 unspecified atom stereocenters. The molecule has 0 bridgehead atoms. The number of hydrogen-bond donors (Lipinski definition) is 1. The fourth-order valence-electron chi connectivity index (χ4n) is 1.28. The number of hydrogen-bond acceptors (Lipinski definition) is 2. The van der Waals surface area contributed by atoms with E-state index in [1.807, 2.05) is 0 Å². The smallest absolute Gasteiger partial charge is 0.397 e. The van der Waals surface area contributed by atoms with Crippen molar-refractivity contribution in [1.29, 1.82) is 0 Å². The van der Waals surface area contributed by atoms with Crippen LogP contribution in [-0.2, 0) is 0 Å². The molecule has 0 aromatic heterocycles. The molecule has 0 saturated carbocycles. The van der Waals surface area contributed by atoms with E-state index in [4.69, 9.17) is 5.11 Å². The lowest BCUT2D eigenvalue weighted by atomic mass is 9.99. The second kappa shape index (κ2) is 5.31. The Balaban J connectivity index is 2.86. The summed E-state index contributed by atoms with van der Waals surface area (Å²) in [7, 11) is 0. The number of halogens is 5. The molecule has 1 aromatic rings. The molecule has 0 aliphatic heterocycles. The molecule has 17 heavy (non-hydrogen) atoms. The number of alkyl halides is 5. The lowest BCUT2D eigenvalue weighted by molar-refractivity contribution is -0.158. The van der Waals surface area contributed by atoms with E-state index in [9.17, 15) is 22.0 Å². The van der Waals surface area contributed by atoms with Crippen molar-refractivity contribution in [3.8, 4) is 5.75 Å². The Hall–Kier alpha value is -1.37. The Labute approximate surface area is 93.6 Å². The van der Waals surface area contributed by atoms with Gasteiger partial charge in [-0.2, -0.15) is 22.0 Å². The number of aliphatic hydroxyl groups excluding tert-OH is 1. The normalized spacial score (nSPS) is 13.8. The van der Waals surface area contributed by atoms with Crippen LogP contribution in [0.15, 0.2) is 24.3 Å². The van der Waals surface area contributed by atoms with E-state index < -0.39 is 25.3 Å². The average Bonchev–Trinajstić information content (AvgIpc) is 2.18. The van der Waals surface area contributed by atoms with E-state index in [-0.39, 0.29) is 11.3 Å². The van der Waals surface area contributed by atoms with Crippen LogP contribution in [0, 0.1) is 0 Å². The van der Waals surface area contributed by atoms with Gasteiger partial charge in [0.15, 0.2) is 0 Å². The van der Waals surface area contributed by atoms with Crippen LogP contribution in [0.5, 0.6) is 5.75 Å². The predicted molar refractivity (Wildman–Crippen MR) is 49.0 cm³/mol. The second-order valence-electron chi connectivity index (χ2n) is 3.22. The van der Waals surface area contributed by atoms with Crippen molar-refractivity contribution >= 4 is 0 Å². The summed E-state index contributed by atoms with van der Waals surface area (Å²) in [4.78, 5) is 0. The van der Waals surface area contributed by atoms with Gasteiger partial charge in [-0.15, -0.1) is 0 Å². The average molecular weight is 256 g/mol. The Morgan fingerprint density at radius 1 is 1.12 bits per heavy atom. The molecule has 1 rings (SSSR count). The maximum atomic E-state index is 12.4. The fraction of sp³-hybridized carbons (Fsp3) is 0.400. The fourth-order valence-corrected chi connectivity index (χ4v) is 1.28. The van der Waals surface area contributed by atoms with E-state index in [0.29, 0.717) is 0 Å². The molecule has 96 valence electrons. The third kappa shape index (κ3) is 3.85. The van der Waals surface area contributed by atoms with E-state index in [1.165, 1.54) is 0 Å². The molecule has 2 nitrogen and oxygen atoms in total. The standard InChI is InChI=1S/C10H9F5O2/c11-9(12)17-7-3-1-6(2-4-7)8(5-16)10(13,14)15/h1-4,8-9,16H,5H2. The molecular weight excluding hydrogens is 247 g/mol. The Kier molecular flexibility index (Phi) is 4.28. The second-order valence-corrected chi connectivity index (χ2v) is 3.22. The molecule has 1 aromatic carbocycles.